The summed E-state index contributed by atoms with van der Waals surface area (Å²) < 4.78 is 0. The lowest BCUT2D eigenvalue weighted by atomic mass is 9.99. The Hall–Kier alpha value is -5.17. The van der Waals surface area contributed by atoms with Crippen LogP contribution in [-0.2, 0) is 36.8 Å². The maximum atomic E-state index is 13.6. The number of carbonyl (C=O) groups excluding carboxylic acids is 3. The Morgan fingerprint density at radius 1 is 0.733 bits per heavy atom. The molecule has 0 aliphatic carbocycles. The van der Waals surface area contributed by atoms with Crippen LogP contribution in [0.4, 0.5) is 0 Å². The smallest absolute Gasteiger partial charge is 0.326 e. The number of aliphatic carboxylic acids is 2. The van der Waals surface area contributed by atoms with Crippen molar-refractivity contribution in [2.45, 2.75) is 63.7 Å². The molecule has 0 aliphatic rings. The molecule has 238 valence electrons. The molecule has 0 aliphatic heterocycles. The fraction of sp³-hybridized carbons (Fsp3) is 0.344. The van der Waals surface area contributed by atoms with E-state index in [9.17, 15) is 29.1 Å². The normalized spacial score (nSPS) is 14.0. The van der Waals surface area contributed by atoms with Crippen LogP contribution in [0, 0.1) is 5.92 Å². The number of benzene rings is 2. The van der Waals surface area contributed by atoms with Crippen molar-refractivity contribution in [3.8, 4) is 0 Å². The third-order valence-corrected chi connectivity index (χ3v) is 7.69. The van der Waals surface area contributed by atoms with Gasteiger partial charge in [0.05, 0.1) is 6.04 Å². The van der Waals surface area contributed by atoms with Crippen LogP contribution in [0.25, 0.3) is 21.8 Å². The van der Waals surface area contributed by atoms with Crippen molar-refractivity contribution < 1.29 is 34.2 Å². The van der Waals surface area contributed by atoms with E-state index in [-0.39, 0.29) is 19.3 Å². The van der Waals surface area contributed by atoms with Crippen molar-refractivity contribution in [3.63, 3.8) is 0 Å². The first-order valence-corrected chi connectivity index (χ1v) is 14.7. The maximum Gasteiger partial charge on any atom is 0.326 e. The van der Waals surface area contributed by atoms with Crippen molar-refractivity contribution in [3.05, 3.63) is 72.1 Å². The molecule has 9 N–H and O–H groups in total. The number of fused-ring (bicyclic) bond motifs is 2. The topological polar surface area (TPSA) is 219 Å². The summed E-state index contributed by atoms with van der Waals surface area (Å²) in [5, 5.41) is 28.1. The van der Waals surface area contributed by atoms with E-state index in [4.69, 9.17) is 10.8 Å². The number of aromatic nitrogens is 2. The lowest BCUT2D eigenvalue weighted by Crippen LogP contribution is -2.59. The van der Waals surface area contributed by atoms with E-state index in [1.807, 2.05) is 48.5 Å². The van der Waals surface area contributed by atoms with E-state index in [0.29, 0.717) is 5.56 Å². The molecule has 13 nitrogen and oxygen atoms in total. The zero-order chi connectivity index (χ0) is 32.7. The summed E-state index contributed by atoms with van der Waals surface area (Å²) in [5.41, 5.74) is 9.51. The Morgan fingerprint density at radius 2 is 1.27 bits per heavy atom. The molecule has 0 radical (unpaired) electrons. The summed E-state index contributed by atoms with van der Waals surface area (Å²) in [5.74, 6) is -5.03. The Kier molecular flexibility index (Phi) is 10.6. The number of carbonyl (C=O) groups is 5. The highest BCUT2D eigenvalue weighted by Crippen LogP contribution is 2.21. The molecule has 0 saturated carbocycles. The van der Waals surface area contributed by atoms with Gasteiger partial charge in [0.2, 0.25) is 17.7 Å². The minimum absolute atomic E-state index is 0.00824. The van der Waals surface area contributed by atoms with Crippen molar-refractivity contribution in [2.75, 3.05) is 0 Å². The van der Waals surface area contributed by atoms with Crippen LogP contribution < -0.4 is 21.7 Å². The Morgan fingerprint density at radius 3 is 1.80 bits per heavy atom. The molecule has 0 spiro atoms. The zero-order valence-electron chi connectivity index (χ0n) is 25.0. The predicted octanol–water partition coefficient (Wildman–Crippen LogP) is 1.82. The summed E-state index contributed by atoms with van der Waals surface area (Å²) in [6.07, 6.45) is 2.88. The summed E-state index contributed by atoms with van der Waals surface area (Å²) in [6.45, 7) is 3.47. The summed E-state index contributed by atoms with van der Waals surface area (Å²) in [4.78, 5) is 69.3. The fourth-order valence-corrected chi connectivity index (χ4v) is 5.21. The summed E-state index contributed by atoms with van der Waals surface area (Å²) >= 11 is 0. The summed E-state index contributed by atoms with van der Waals surface area (Å²) in [6, 6.07) is 10.2. The van der Waals surface area contributed by atoms with Crippen LogP contribution in [-0.4, -0.2) is 74.0 Å². The number of nitrogens with one attached hydrogen (secondary N) is 5. The SMILES string of the molecule is CC(C)C(NC(=O)C(N)Cc1c[nH]c2ccccc12)C(=O)NC(Cc1c[nH]c2ccccc12)C(=O)NC(CCC(=O)O)C(=O)O. The number of carboxylic acids is 2. The highest BCUT2D eigenvalue weighted by atomic mass is 16.4. The largest absolute Gasteiger partial charge is 0.481 e. The monoisotopic (exact) mass is 618 g/mol. The third kappa shape index (κ3) is 8.26. The first-order chi connectivity index (χ1) is 21.4. The maximum absolute atomic E-state index is 13.6. The minimum Gasteiger partial charge on any atom is -0.481 e. The van der Waals surface area contributed by atoms with Crippen LogP contribution in [0.15, 0.2) is 60.9 Å². The molecule has 13 heteroatoms. The number of nitrogens with two attached hydrogens (primary N) is 1. The summed E-state index contributed by atoms with van der Waals surface area (Å²) in [7, 11) is 0. The number of H-pyrrole nitrogens is 2. The van der Waals surface area contributed by atoms with Gasteiger partial charge in [-0.25, -0.2) is 4.79 Å². The number of aromatic amines is 2. The Balaban J connectivity index is 1.51. The van der Waals surface area contributed by atoms with Crippen LogP contribution in [0.2, 0.25) is 0 Å². The van der Waals surface area contributed by atoms with Crippen LogP contribution in [0.3, 0.4) is 0 Å². The fourth-order valence-electron chi connectivity index (χ4n) is 5.21. The van der Waals surface area contributed by atoms with E-state index >= 15 is 0 Å². The second-order valence-electron chi connectivity index (χ2n) is 11.4. The lowest BCUT2D eigenvalue weighted by Gasteiger charge is -2.27. The van der Waals surface area contributed by atoms with Crippen molar-refractivity contribution in [1.82, 2.24) is 25.9 Å². The zero-order valence-corrected chi connectivity index (χ0v) is 25.0. The molecule has 2 heterocycles. The number of para-hydroxylation sites is 2. The van der Waals surface area contributed by atoms with Gasteiger partial charge in [-0.3, -0.25) is 19.2 Å². The molecule has 3 amide bonds. The van der Waals surface area contributed by atoms with E-state index in [0.717, 1.165) is 27.4 Å². The number of hydrogen-bond donors (Lipinski definition) is 8. The molecular formula is C32H38N6O7. The first kappa shape index (κ1) is 32.7. The van der Waals surface area contributed by atoms with Gasteiger partial charge < -0.3 is 41.9 Å². The average Bonchev–Trinajstić information content (AvgIpc) is 3.60. The predicted molar refractivity (Wildman–Crippen MR) is 167 cm³/mol. The van der Waals surface area contributed by atoms with E-state index in [1.54, 1.807) is 26.2 Å². The van der Waals surface area contributed by atoms with Gasteiger partial charge in [-0.15, -0.1) is 0 Å². The first-order valence-electron chi connectivity index (χ1n) is 14.7. The lowest BCUT2D eigenvalue weighted by molar-refractivity contribution is -0.143. The quantitative estimate of drug-likeness (QED) is 0.0980. The molecule has 0 bridgehead atoms. The van der Waals surface area contributed by atoms with E-state index in [2.05, 4.69) is 25.9 Å². The van der Waals surface area contributed by atoms with Crippen molar-refractivity contribution in [2.24, 2.45) is 11.7 Å². The second kappa shape index (κ2) is 14.5. The van der Waals surface area contributed by atoms with Gasteiger partial charge in [0, 0.05) is 47.0 Å². The number of rotatable bonds is 15. The third-order valence-electron chi connectivity index (χ3n) is 7.69. The Bertz CT molecular complexity index is 1690. The van der Waals surface area contributed by atoms with Gasteiger partial charge in [0.15, 0.2) is 0 Å². The van der Waals surface area contributed by atoms with Crippen LogP contribution in [0.5, 0.6) is 0 Å². The molecule has 4 unspecified atom stereocenters. The minimum atomic E-state index is -1.49. The molecule has 2 aromatic heterocycles. The van der Waals surface area contributed by atoms with Gasteiger partial charge in [0.25, 0.3) is 0 Å². The van der Waals surface area contributed by atoms with Gasteiger partial charge >= 0.3 is 11.9 Å². The molecular weight excluding hydrogens is 580 g/mol. The molecule has 4 rings (SSSR count). The molecule has 4 aromatic rings. The number of amides is 3. The van der Waals surface area contributed by atoms with Gasteiger partial charge in [-0.1, -0.05) is 50.2 Å². The number of carboxylic acid groups (broad SMARTS) is 2. The van der Waals surface area contributed by atoms with E-state index in [1.165, 1.54) is 0 Å². The molecule has 45 heavy (non-hydrogen) atoms. The van der Waals surface area contributed by atoms with Crippen molar-refractivity contribution in [1.29, 1.82) is 0 Å². The second-order valence-corrected chi connectivity index (χ2v) is 11.4. The van der Waals surface area contributed by atoms with Crippen LogP contribution >= 0.6 is 0 Å². The molecule has 0 fully saturated rings. The van der Waals surface area contributed by atoms with E-state index < -0.39 is 66.2 Å². The number of hydrogen-bond acceptors (Lipinski definition) is 6. The molecule has 4 atom stereocenters. The van der Waals surface area contributed by atoms with Gasteiger partial charge in [-0.2, -0.15) is 0 Å². The van der Waals surface area contributed by atoms with Crippen molar-refractivity contribution >= 4 is 51.5 Å². The molecule has 2 aromatic carbocycles. The standard InChI is InChI=1S/C32H38N6O7/c1-17(2)28(38-29(41)22(33)13-18-15-34-23-9-5-3-7-20(18)23)31(43)37-26(14-19-16-35-24-10-6-4-8-21(19)24)30(42)36-25(32(44)45)11-12-27(39)40/h3-10,15-17,22,25-26,28,34-35H,11-14,33H2,1-2H3,(H,36,42)(H,37,43)(H,38,41)(H,39,40)(H,44,45). The highest BCUT2D eigenvalue weighted by Gasteiger charge is 2.32. The van der Waals surface area contributed by atoms with Crippen LogP contribution in [0.1, 0.15) is 37.8 Å². The molecule has 0 saturated heterocycles. The van der Waals surface area contributed by atoms with Gasteiger partial charge in [0.1, 0.15) is 18.1 Å². The Labute approximate surface area is 258 Å². The average molecular weight is 619 g/mol. The van der Waals surface area contributed by atoms with Gasteiger partial charge in [-0.05, 0) is 42.0 Å². The highest BCUT2D eigenvalue weighted by molar-refractivity contribution is 5.95.